The number of aromatic nitrogens is 6. The summed E-state index contributed by atoms with van der Waals surface area (Å²) in [6.07, 6.45) is -2.46. The van der Waals surface area contributed by atoms with E-state index in [0.717, 1.165) is 24.6 Å². The number of fused-ring (bicyclic) bond motifs is 3. The number of benzene rings is 1. The van der Waals surface area contributed by atoms with E-state index in [-0.39, 0.29) is 34.2 Å². The van der Waals surface area contributed by atoms with Crippen LogP contribution in [0.25, 0.3) is 28.1 Å². The van der Waals surface area contributed by atoms with Crippen molar-refractivity contribution in [1.29, 1.82) is 0 Å². The average molecular weight is 458 g/mol. The van der Waals surface area contributed by atoms with E-state index in [1.165, 1.54) is 16.6 Å². The van der Waals surface area contributed by atoms with Crippen LogP contribution >= 0.6 is 0 Å². The molecular formula is C21H21F3N8O. The molecule has 0 unspecified atom stereocenters. The Labute approximate surface area is 186 Å². The molecule has 4 heterocycles. The largest absolute Gasteiger partial charge is 0.418 e. The minimum atomic E-state index is -4.61. The summed E-state index contributed by atoms with van der Waals surface area (Å²) in [6, 6.07) is 4.97. The summed E-state index contributed by atoms with van der Waals surface area (Å²) in [5, 5.41) is 14.9. The van der Waals surface area contributed by atoms with E-state index in [2.05, 4.69) is 30.8 Å². The number of alkyl halides is 3. The van der Waals surface area contributed by atoms with Crippen molar-refractivity contribution in [3.05, 3.63) is 35.5 Å². The third kappa shape index (κ3) is 3.74. The van der Waals surface area contributed by atoms with Gasteiger partial charge in [0.25, 0.3) is 0 Å². The molecule has 5 rings (SSSR count). The first-order chi connectivity index (χ1) is 15.7. The van der Waals surface area contributed by atoms with Crippen molar-refractivity contribution in [2.24, 2.45) is 7.05 Å². The second-order valence-electron chi connectivity index (χ2n) is 8.08. The van der Waals surface area contributed by atoms with E-state index in [1.54, 1.807) is 17.8 Å². The summed E-state index contributed by atoms with van der Waals surface area (Å²) in [7, 11) is 1.74. The van der Waals surface area contributed by atoms with Crippen molar-refractivity contribution in [2.75, 3.05) is 11.9 Å². The van der Waals surface area contributed by atoms with E-state index in [1.807, 2.05) is 6.92 Å². The van der Waals surface area contributed by atoms with Gasteiger partial charge < -0.3 is 10.6 Å². The fraction of sp³-hybridized carbons (Fsp3) is 0.381. The number of halogens is 3. The highest BCUT2D eigenvalue weighted by molar-refractivity contribution is 5.95. The Morgan fingerprint density at radius 1 is 1.18 bits per heavy atom. The van der Waals surface area contributed by atoms with Crippen molar-refractivity contribution in [3.8, 4) is 11.5 Å². The normalized spacial score (nSPS) is 17.4. The molecule has 1 saturated heterocycles. The molecule has 4 aromatic rings. The summed E-state index contributed by atoms with van der Waals surface area (Å²) in [5.74, 6) is 0.0846. The SMILES string of the molecule is Cc1cc(-c2nc3c4cccc(C(F)(F)F)c4nc(N[C@@H]4CCCCNC4=O)n3n2)n(C)n1. The first-order valence-electron chi connectivity index (χ1n) is 10.5. The van der Waals surface area contributed by atoms with Crippen molar-refractivity contribution >= 4 is 28.4 Å². The highest BCUT2D eigenvalue weighted by atomic mass is 19.4. The van der Waals surface area contributed by atoms with Gasteiger partial charge in [0.05, 0.1) is 16.8 Å². The molecule has 0 aliphatic carbocycles. The number of carbonyl (C=O) groups excluding carboxylic acids is 1. The maximum absolute atomic E-state index is 13.8. The van der Waals surface area contributed by atoms with Crippen LogP contribution in [0.4, 0.5) is 19.1 Å². The van der Waals surface area contributed by atoms with Gasteiger partial charge in [-0.05, 0) is 44.4 Å². The Balaban J connectivity index is 1.75. The van der Waals surface area contributed by atoms with Crippen LogP contribution < -0.4 is 10.6 Å². The monoisotopic (exact) mass is 458 g/mol. The molecule has 1 aromatic carbocycles. The molecule has 1 aliphatic heterocycles. The molecule has 0 saturated carbocycles. The number of rotatable bonds is 3. The lowest BCUT2D eigenvalue weighted by Gasteiger charge is -2.17. The molecule has 172 valence electrons. The van der Waals surface area contributed by atoms with Gasteiger partial charge in [0, 0.05) is 19.0 Å². The number of hydrogen-bond acceptors (Lipinski definition) is 6. The Morgan fingerprint density at radius 2 is 2.00 bits per heavy atom. The van der Waals surface area contributed by atoms with Gasteiger partial charge in [-0.15, -0.1) is 5.10 Å². The average Bonchev–Trinajstić information content (AvgIpc) is 3.28. The predicted molar refractivity (Wildman–Crippen MR) is 115 cm³/mol. The fourth-order valence-corrected chi connectivity index (χ4v) is 4.12. The zero-order valence-electron chi connectivity index (χ0n) is 17.9. The van der Waals surface area contributed by atoms with Crippen molar-refractivity contribution < 1.29 is 18.0 Å². The number of hydrogen-bond donors (Lipinski definition) is 2. The lowest BCUT2D eigenvalue weighted by atomic mass is 10.1. The number of para-hydroxylation sites is 1. The standard InChI is InChI=1S/C21H21F3N8O/c1-11-10-15(31(2)29-11)17-28-18-12-6-5-7-13(21(22,23)24)16(12)27-20(32(18)30-17)26-14-8-3-4-9-25-19(14)33/h5-7,10,14H,3-4,8-9H2,1-2H3,(H,25,33)(H,26,27)/t14-/m1/s1. The fourth-order valence-electron chi connectivity index (χ4n) is 4.12. The zero-order valence-corrected chi connectivity index (χ0v) is 17.9. The van der Waals surface area contributed by atoms with Gasteiger partial charge in [-0.25, -0.2) is 9.97 Å². The van der Waals surface area contributed by atoms with Crippen LogP contribution in [-0.4, -0.2) is 47.9 Å². The molecule has 0 bridgehead atoms. The third-order valence-corrected chi connectivity index (χ3v) is 5.68. The first kappa shape index (κ1) is 21.2. The molecule has 1 atom stereocenters. The van der Waals surface area contributed by atoms with Gasteiger partial charge in [0.1, 0.15) is 11.7 Å². The molecule has 1 aliphatic rings. The predicted octanol–water partition coefficient (Wildman–Crippen LogP) is 3.09. The summed E-state index contributed by atoms with van der Waals surface area (Å²) in [4.78, 5) is 21.3. The molecule has 9 nitrogen and oxygen atoms in total. The lowest BCUT2D eigenvalue weighted by molar-refractivity contribution is -0.136. The van der Waals surface area contributed by atoms with Gasteiger partial charge in [0.15, 0.2) is 5.65 Å². The van der Waals surface area contributed by atoms with E-state index >= 15 is 0 Å². The van der Waals surface area contributed by atoms with Gasteiger partial charge in [-0.2, -0.15) is 22.8 Å². The number of nitrogens with one attached hydrogen (secondary N) is 2. The van der Waals surface area contributed by atoms with Gasteiger partial charge >= 0.3 is 6.18 Å². The van der Waals surface area contributed by atoms with E-state index in [4.69, 9.17) is 0 Å². The quantitative estimate of drug-likeness (QED) is 0.489. The molecule has 0 radical (unpaired) electrons. The number of aryl methyl sites for hydroxylation is 2. The van der Waals surface area contributed by atoms with Crippen molar-refractivity contribution in [3.63, 3.8) is 0 Å². The highest BCUT2D eigenvalue weighted by Crippen LogP contribution is 2.36. The number of anilines is 1. The van der Waals surface area contributed by atoms with Gasteiger partial charge in [-0.1, -0.05) is 6.07 Å². The number of amides is 1. The second-order valence-corrected chi connectivity index (χ2v) is 8.08. The highest BCUT2D eigenvalue weighted by Gasteiger charge is 2.34. The van der Waals surface area contributed by atoms with Crippen LogP contribution in [-0.2, 0) is 18.0 Å². The summed E-state index contributed by atoms with van der Waals surface area (Å²) in [5.41, 5.74) is 0.430. The zero-order chi connectivity index (χ0) is 23.3. The third-order valence-electron chi connectivity index (χ3n) is 5.68. The van der Waals surface area contributed by atoms with Crippen LogP contribution in [0.1, 0.15) is 30.5 Å². The Bertz CT molecular complexity index is 1370. The molecular weight excluding hydrogens is 437 g/mol. The summed E-state index contributed by atoms with van der Waals surface area (Å²) < 4.78 is 44.3. The molecule has 1 fully saturated rings. The van der Waals surface area contributed by atoms with Crippen LogP contribution in [0.2, 0.25) is 0 Å². The Kier molecular flexibility index (Phi) is 4.94. The van der Waals surface area contributed by atoms with E-state index < -0.39 is 17.8 Å². The Hall–Kier alpha value is -3.70. The Morgan fingerprint density at radius 3 is 2.73 bits per heavy atom. The molecule has 12 heteroatoms. The molecule has 3 aromatic heterocycles. The molecule has 0 spiro atoms. The van der Waals surface area contributed by atoms with Crippen molar-refractivity contribution in [1.82, 2.24) is 34.7 Å². The second kappa shape index (κ2) is 7.71. The van der Waals surface area contributed by atoms with Crippen molar-refractivity contribution in [2.45, 2.75) is 38.4 Å². The van der Waals surface area contributed by atoms with Gasteiger partial charge in [0.2, 0.25) is 17.7 Å². The maximum atomic E-state index is 13.8. The topological polar surface area (TPSA) is 102 Å². The first-order valence-corrected chi connectivity index (χ1v) is 10.5. The number of nitrogens with zero attached hydrogens (tertiary/aromatic N) is 6. The molecule has 33 heavy (non-hydrogen) atoms. The minimum Gasteiger partial charge on any atom is -0.354 e. The molecule has 2 N–H and O–H groups in total. The van der Waals surface area contributed by atoms with Gasteiger partial charge in [-0.3, -0.25) is 9.48 Å². The summed E-state index contributed by atoms with van der Waals surface area (Å²) >= 11 is 0. The van der Waals surface area contributed by atoms with Crippen LogP contribution in [0, 0.1) is 6.92 Å². The van der Waals surface area contributed by atoms with E-state index in [9.17, 15) is 18.0 Å². The van der Waals surface area contributed by atoms with Crippen LogP contribution in [0.5, 0.6) is 0 Å². The summed E-state index contributed by atoms with van der Waals surface area (Å²) in [6.45, 7) is 2.38. The van der Waals surface area contributed by atoms with E-state index in [0.29, 0.717) is 18.7 Å². The van der Waals surface area contributed by atoms with Crippen LogP contribution in [0.15, 0.2) is 24.3 Å². The molecule has 1 amide bonds. The minimum absolute atomic E-state index is 0.0221. The number of carbonyl (C=O) groups is 1. The smallest absolute Gasteiger partial charge is 0.354 e. The lowest BCUT2D eigenvalue weighted by Crippen LogP contribution is -2.38. The maximum Gasteiger partial charge on any atom is 0.418 e. The van der Waals surface area contributed by atoms with Crippen LogP contribution in [0.3, 0.4) is 0 Å².